The molecule has 27 heavy (non-hydrogen) atoms. The van der Waals surface area contributed by atoms with E-state index in [0.29, 0.717) is 16.3 Å². The third-order valence-electron chi connectivity index (χ3n) is 4.08. The van der Waals surface area contributed by atoms with Crippen LogP contribution in [0.1, 0.15) is 39.9 Å². The third-order valence-corrected chi connectivity index (χ3v) is 4.31. The number of benzene rings is 2. The van der Waals surface area contributed by atoms with Crippen molar-refractivity contribution in [3.8, 4) is 0 Å². The summed E-state index contributed by atoms with van der Waals surface area (Å²) in [5.41, 5.74) is 3.88. The predicted octanol–water partition coefficient (Wildman–Crippen LogP) is 4.41. The molecule has 0 bridgehead atoms. The van der Waals surface area contributed by atoms with Crippen molar-refractivity contribution in [2.45, 2.75) is 33.6 Å². The van der Waals surface area contributed by atoms with E-state index in [1.54, 1.807) is 18.2 Å². The number of nitrogens with one attached hydrogen (secondary N) is 1. The zero-order valence-electron chi connectivity index (χ0n) is 15.6. The Labute approximate surface area is 163 Å². The molecule has 142 valence electrons. The topological polar surface area (TPSA) is 72.5 Å². The second-order valence-corrected chi connectivity index (χ2v) is 6.85. The molecule has 5 nitrogen and oxygen atoms in total. The van der Waals surface area contributed by atoms with Crippen molar-refractivity contribution < 1.29 is 19.1 Å². The lowest BCUT2D eigenvalue weighted by Gasteiger charge is -2.09. The van der Waals surface area contributed by atoms with Crippen LogP contribution >= 0.6 is 11.6 Å². The van der Waals surface area contributed by atoms with Crippen LogP contribution in [-0.4, -0.2) is 24.3 Å². The van der Waals surface area contributed by atoms with Crippen molar-refractivity contribution in [2.75, 3.05) is 11.9 Å². The molecule has 0 fully saturated rings. The zero-order chi connectivity index (χ0) is 20.0. The highest BCUT2D eigenvalue weighted by molar-refractivity contribution is 6.30. The highest BCUT2D eigenvalue weighted by Gasteiger charge is 2.14. The van der Waals surface area contributed by atoms with Crippen LogP contribution in [0, 0.1) is 20.8 Å². The van der Waals surface area contributed by atoms with Gasteiger partial charge in [-0.3, -0.25) is 14.4 Å². The molecule has 2 aromatic rings. The molecule has 0 aliphatic carbocycles. The van der Waals surface area contributed by atoms with Gasteiger partial charge in [0.15, 0.2) is 12.4 Å². The second-order valence-electron chi connectivity index (χ2n) is 6.41. The number of hydrogen-bond donors (Lipinski definition) is 1. The molecule has 0 saturated heterocycles. The largest absolute Gasteiger partial charge is 0.456 e. The molecule has 0 aliphatic heterocycles. The van der Waals surface area contributed by atoms with Gasteiger partial charge in [0, 0.05) is 22.7 Å². The molecule has 1 amide bonds. The fraction of sp³-hybridized carbons (Fsp3) is 0.286. The Bertz CT molecular complexity index is 876. The predicted molar refractivity (Wildman–Crippen MR) is 105 cm³/mol. The van der Waals surface area contributed by atoms with Gasteiger partial charge in [-0.15, -0.1) is 0 Å². The minimum Gasteiger partial charge on any atom is -0.456 e. The van der Waals surface area contributed by atoms with Gasteiger partial charge < -0.3 is 10.1 Å². The minimum absolute atomic E-state index is 0.0427. The summed E-state index contributed by atoms with van der Waals surface area (Å²) in [6, 6.07) is 10.7. The van der Waals surface area contributed by atoms with Gasteiger partial charge in [-0.25, -0.2) is 0 Å². The Kier molecular flexibility index (Phi) is 7.13. The highest BCUT2D eigenvalue weighted by atomic mass is 35.5. The van der Waals surface area contributed by atoms with Crippen molar-refractivity contribution in [3.63, 3.8) is 0 Å². The fourth-order valence-electron chi connectivity index (χ4n) is 2.56. The number of carbonyl (C=O) groups is 3. The number of anilines is 1. The first-order valence-electron chi connectivity index (χ1n) is 8.58. The van der Waals surface area contributed by atoms with Crippen molar-refractivity contribution in [1.82, 2.24) is 0 Å². The van der Waals surface area contributed by atoms with E-state index in [-0.39, 0.29) is 18.6 Å². The second kappa shape index (κ2) is 9.33. The number of ketones is 1. The fourth-order valence-corrected chi connectivity index (χ4v) is 2.79. The molecule has 0 spiro atoms. The molecule has 0 saturated carbocycles. The summed E-state index contributed by atoms with van der Waals surface area (Å²) in [6.45, 7) is 5.17. The van der Waals surface area contributed by atoms with Crippen molar-refractivity contribution in [3.05, 3.63) is 63.7 Å². The summed E-state index contributed by atoms with van der Waals surface area (Å²) < 4.78 is 4.95. The van der Waals surface area contributed by atoms with Crippen molar-refractivity contribution in [2.24, 2.45) is 0 Å². The average Bonchev–Trinajstić information content (AvgIpc) is 2.62. The van der Waals surface area contributed by atoms with E-state index in [9.17, 15) is 14.4 Å². The maximum absolute atomic E-state index is 12.3. The van der Waals surface area contributed by atoms with E-state index in [4.69, 9.17) is 16.3 Å². The number of Topliss-reactive ketones (excluding diaryl/α,β-unsaturated/α-hetero) is 1. The Hall–Kier alpha value is -2.66. The van der Waals surface area contributed by atoms with Gasteiger partial charge in [-0.2, -0.15) is 0 Å². The van der Waals surface area contributed by atoms with Crippen molar-refractivity contribution in [1.29, 1.82) is 0 Å². The number of ether oxygens (including phenoxy) is 1. The molecular formula is C21H22ClNO4. The smallest absolute Gasteiger partial charge is 0.306 e. The quantitative estimate of drug-likeness (QED) is 0.564. The lowest BCUT2D eigenvalue weighted by atomic mass is 9.99. The van der Waals surface area contributed by atoms with Crippen LogP contribution in [0.5, 0.6) is 0 Å². The first-order valence-corrected chi connectivity index (χ1v) is 8.96. The molecule has 2 rings (SSSR count). The Morgan fingerprint density at radius 3 is 2.41 bits per heavy atom. The van der Waals surface area contributed by atoms with Crippen LogP contribution in [-0.2, 0) is 14.3 Å². The van der Waals surface area contributed by atoms with Gasteiger partial charge >= 0.3 is 5.97 Å². The van der Waals surface area contributed by atoms with E-state index in [1.165, 1.54) is 0 Å². The van der Waals surface area contributed by atoms with Crippen LogP contribution in [0.25, 0.3) is 0 Å². The molecule has 0 aromatic heterocycles. The zero-order valence-corrected chi connectivity index (χ0v) is 16.4. The van der Waals surface area contributed by atoms with Gasteiger partial charge in [0.05, 0.1) is 6.42 Å². The van der Waals surface area contributed by atoms with Crippen LogP contribution in [0.3, 0.4) is 0 Å². The maximum Gasteiger partial charge on any atom is 0.306 e. The van der Waals surface area contributed by atoms with Crippen LogP contribution in [0.2, 0.25) is 5.02 Å². The van der Waals surface area contributed by atoms with Crippen LogP contribution < -0.4 is 5.32 Å². The standard InChI is InChI=1S/C21H22ClNO4/c1-13-4-5-14(2)17(10-13)19(24)8-9-21(26)27-12-20(25)23-18-7-6-16(22)11-15(18)3/h4-7,10-11H,8-9,12H2,1-3H3,(H,23,25). The first kappa shape index (κ1) is 20.6. The maximum atomic E-state index is 12.3. The molecule has 0 heterocycles. The highest BCUT2D eigenvalue weighted by Crippen LogP contribution is 2.19. The monoisotopic (exact) mass is 387 g/mol. The molecule has 6 heteroatoms. The molecule has 0 atom stereocenters. The summed E-state index contributed by atoms with van der Waals surface area (Å²) in [7, 11) is 0. The summed E-state index contributed by atoms with van der Waals surface area (Å²) in [5.74, 6) is -1.15. The van der Waals surface area contributed by atoms with E-state index < -0.39 is 18.5 Å². The van der Waals surface area contributed by atoms with Gasteiger partial charge in [-0.1, -0.05) is 29.3 Å². The van der Waals surface area contributed by atoms with E-state index in [2.05, 4.69) is 5.32 Å². The molecule has 2 aromatic carbocycles. The molecular weight excluding hydrogens is 366 g/mol. The summed E-state index contributed by atoms with van der Waals surface area (Å²) in [4.78, 5) is 36.0. The first-order chi connectivity index (χ1) is 12.8. The number of aryl methyl sites for hydroxylation is 3. The van der Waals surface area contributed by atoms with Gasteiger partial charge in [-0.05, 0) is 56.2 Å². The van der Waals surface area contributed by atoms with Crippen LogP contribution in [0.15, 0.2) is 36.4 Å². The number of hydrogen-bond acceptors (Lipinski definition) is 4. The van der Waals surface area contributed by atoms with Gasteiger partial charge in [0.2, 0.25) is 0 Å². The Morgan fingerprint density at radius 2 is 1.70 bits per heavy atom. The molecule has 1 N–H and O–H groups in total. The SMILES string of the molecule is Cc1ccc(C)c(C(=O)CCC(=O)OCC(=O)Nc2ccc(Cl)cc2C)c1. The van der Waals surface area contributed by atoms with Gasteiger partial charge in [0.25, 0.3) is 5.91 Å². The van der Waals surface area contributed by atoms with E-state index >= 15 is 0 Å². The summed E-state index contributed by atoms with van der Waals surface area (Å²) in [6.07, 6.45) is -0.0273. The number of halogens is 1. The minimum atomic E-state index is -0.586. The van der Waals surface area contributed by atoms with E-state index in [1.807, 2.05) is 39.0 Å². The lowest BCUT2D eigenvalue weighted by molar-refractivity contribution is -0.147. The Morgan fingerprint density at radius 1 is 0.963 bits per heavy atom. The average molecular weight is 388 g/mol. The summed E-state index contributed by atoms with van der Waals surface area (Å²) >= 11 is 5.87. The normalized spacial score (nSPS) is 10.4. The van der Waals surface area contributed by atoms with Crippen LogP contribution in [0.4, 0.5) is 5.69 Å². The summed E-state index contributed by atoms with van der Waals surface area (Å²) in [5, 5.41) is 3.23. The number of carbonyl (C=O) groups excluding carboxylic acids is 3. The Balaban J connectivity index is 1.79. The molecule has 0 unspecified atom stereocenters. The number of esters is 1. The number of rotatable bonds is 7. The van der Waals surface area contributed by atoms with E-state index in [0.717, 1.165) is 16.7 Å². The van der Waals surface area contributed by atoms with Gasteiger partial charge in [0.1, 0.15) is 0 Å². The molecule has 0 aliphatic rings. The number of amides is 1. The third kappa shape index (κ3) is 6.22. The van der Waals surface area contributed by atoms with Crippen molar-refractivity contribution >= 4 is 34.9 Å². The lowest BCUT2D eigenvalue weighted by Crippen LogP contribution is -2.21. The molecule has 0 radical (unpaired) electrons.